The third-order valence-electron chi connectivity index (χ3n) is 6.18. The van der Waals surface area contributed by atoms with E-state index in [1.165, 1.54) is 31.2 Å². The van der Waals surface area contributed by atoms with Crippen LogP contribution in [0.1, 0.15) is 41.3 Å². The molecule has 1 saturated carbocycles. The molecule has 9 nitrogen and oxygen atoms in total. The molecule has 0 saturated heterocycles. The summed E-state index contributed by atoms with van der Waals surface area (Å²) in [6, 6.07) is 6.18. The molecule has 5 rings (SSSR count). The number of nitrogens with zero attached hydrogens (tertiary/aromatic N) is 6. The molecule has 0 amide bonds. The number of methoxy groups -OCH3 is 1. The quantitative estimate of drug-likeness (QED) is 0.312. The van der Waals surface area contributed by atoms with E-state index in [1.807, 2.05) is 0 Å². The van der Waals surface area contributed by atoms with Crippen LogP contribution in [0.2, 0.25) is 0 Å². The molecule has 1 aliphatic carbocycles. The fourth-order valence-electron chi connectivity index (χ4n) is 4.18. The molecule has 3 heterocycles. The summed E-state index contributed by atoms with van der Waals surface area (Å²) in [5.74, 6) is 0.410. The van der Waals surface area contributed by atoms with Gasteiger partial charge < -0.3 is 9.30 Å². The van der Waals surface area contributed by atoms with Crippen molar-refractivity contribution in [1.82, 2.24) is 29.5 Å². The van der Waals surface area contributed by atoms with Crippen LogP contribution in [0.4, 0.5) is 13.2 Å². The highest BCUT2D eigenvalue weighted by atomic mass is 32.2. The van der Waals surface area contributed by atoms with E-state index in [-0.39, 0.29) is 34.2 Å². The SMILES string of the molecule is COc1ncnc(C2CC2)c1-c1ncc(C)c(S(=O)(=O)Cc2ccc(-c3nc(C(F)(F)F)cn3C)cc2)n1. The van der Waals surface area contributed by atoms with Gasteiger partial charge in [-0.1, -0.05) is 24.3 Å². The van der Waals surface area contributed by atoms with E-state index >= 15 is 0 Å². The lowest BCUT2D eigenvalue weighted by Crippen LogP contribution is -2.11. The second-order valence-electron chi connectivity index (χ2n) is 9.11. The lowest BCUT2D eigenvalue weighted by Gasteiger charge is -2.13. The minimum Gasteiger partial charge on any atom is -0.480 e. The molecule has 0 bridgehead atoms. The summed E-state index contributed by atoms with van der Waals surface area (Å²) >= 11 is 0. The van der Waals surface area contributed by atoms with Crippen molar-refractivity contribution in [3.05, 3.63) is 65.5 Å². The predicted molar refractivity (Wildman–Crippen MR) is 131 cm³/mol. The van der Waals surface area contributed by atoms with Gasteiger partial charge in [-0.15, -0.1) is 0 Å². The molecular formula is C25H23F3N6O3S. The number of aromatic nitrogens is 6. The van der Waals surface area contributed by atoms with Crippen molar-refractivity contribution in [3.63, 3.8) is 0 Å². The molecule has 1 aromatic carbocycles. The number of aryl methyl sites for hydroxylation is 2. The molecule has 1 fully saturated rings. The molecule has 0 atom stereocenters. The number of halogens is 3. The van der Waals surface area contributed by atoms with Gasteiger partial charge >= 0.3 is 6.18 Å². The average molecular weight is 545 g/mol. The van der Waals surface area contributed by atoms with Crippen LogP contribution < -0.4 is 4.74 Å². The van der Waals surface area contributed by atoms with Gasteiger partial charge in [0.15, 0.2) is 26.4 Å². The van der Waals surface area contributed by atoms with Gasteiger partial charge in [-0.2, -0.15) is 13.2 Å². The maximum Gasteiger partial charge on any atom is 0.434 e. The predicted octanol–water partition coefficient (Wildman–Crippen LogP) is 4.52. The summed E-state index contributed by atoms with van der Waals surface area (Å²) in [4.78, 5) is 21.0. The van der Waals surface area contributed by atoms with Gasteiger partial charge in [-0.05, 0) is 25.3 Å². The fourth-order valence-corrected chi connectivity index (χ4v) is 5.72. The van der Waals surface area contributed by atoms with Gasteiger partial charge in [0, 0.05) is 36.5 Å². The summed E-state index contributed by atoms with van der Waals surface area (Å²) in [5, 5.41) is -0.127. The number of ether oxygens (including phenoxy) is 1. The van der Waals surface area contributed by atoms with Crippen LogP contribution in [0.5, 0.6) is 5.88 Å². The molecule has 0 N–H and O–H groups in total. The number of hydrogen-bond acceptors (Lipinski definition) is 8. The Kier molecular flexibility index (Phi) is 6.41. The Labute approximate surface area is 216 Å². The van der Waals surface area contributed by atoms with Crippen LogP contribution >= 0.6 is 0 Å². The summed E-state index contributed by atoms with van der Waals surface area (Å²) in [5.41, 5.74) is 1.45. The fraction of sp³-hybridized carbons (Fsp3) is 0.320. The molecule has 4 aromatic rings. The maximum atomic E-state index is 13.4. The van der Waals surface area contributed by atoms with Gasteiger partial charge in [-0.25, -0.2) is 33.3 Å². The number of hydrogen-bond donors (Lipinski definition) is 0. The first-order valence-corrected chi connectivity index (χ1v) is 13.3. The largest absolute Gasteiger partial charge is 0.480 e. The van der Waals surface area contributed by atoms with Gasteiger partial charge in [-0.3, -0.25) is 0 Å². The van der Waals surface area contributed by atoms with Crippen molar-refractivity contribution in [2.45, 2.75) is 42.6 Å². The third-order valence-corrected chi connectivity index (χ3v) is 7.89. The van der Waals surface area contributed by atoms with Crippen LogP contribution in [0.25, 0.3) is 22.8 Å². The third kappa shape index (κ3) is 4.97. The van der Waals surface area contributed by atoms with E-state index in [0.29, 0.717) is 22.3 Å². The first-order valence-electron chi connectivity index (χ1n) is 11.6. The number of rotatable bonds is 7. The van der Waals surface area contributed by atoms with Gasteiger partial charge in [0.2, 0.25) is 5.88 Å². The molecule has 0 aliphatic heterocycles. The van der Waals surface area contributed by atoms with E-state index in [2.05, 4.69) is 24.9 Å². The average Bonchev–Trinajstić information content (AvgIpc) is 3.64. The maximum absolute atomic E-state index is 13.4. The van der Waals surface area contributed by atoms with Crippen molar-refractivity contribution in [2.75, 3.05) is 7.11 Å². The molecule has 3 aromatic heterocycles. The second-order valence-corrected chi connectivity index (χ2v) is 11.0. The minimum absolute atomic E-state index is 0.119. The molecule has 0 unspecified atom stereocenters. The Morgan fingerprint density at radius 1 is 1.08 bits per heavy atom. The molecular weight excluding hydrogens is 521 g/mol. The van der Waals surface area contributed by atoms with E-state index < -0.39 is 21.7 Å². The second kappa shape index (κ2) is 9.46. The van der Waals surface area contributed by atoms with E-state index in [1.54, 1.807) is 31.2 Å². The summed E-state index contributed by atoms with van der Waals surface area (Å²) in [6.07, 6.45) is 1.10. The normalized spacial score (nSPS) is 14.1. The van der Waals surface area contributed by atoms with E-state index in [4.69, 9.17) is 4.74 Å². The minimum atomic E-state index is -4.56. The lowest BCUT2D eigenvalue weighted by atomic mass is 10.1. The van der Waals surface area contributed by atoms with Crippen LogP contribution in [0.15, 0.2) is 48.0 Å². The lowest BCUT2D eigenvalue weighted by molar-refractivity contribution is -0.140. The number of benzene rings is 1. The Hall–Kier alpha value is -3.87. The molecule has 1 aliphatic rings. The summed E-state index contributed by atoms with van der Waals surface area (Å²) < 4.78 is 72.6. The van der Waals surface area contributed by atoms with Gasteiger partial charge in [0.1, 0.15) is 17.7 Å². The van der Waals surface area contributed by atoms with Crippen LogP contribution in [0, 0.1) is 6.92 Å². The van der Waals surface area contributed by atoms with Crippen LogP contribution in [0.3, 0.4) is 0 Å². The van der Waals surface area contributed by atoms with E-state index in [0.717, 1.165) is 24.7 Å². The summed E-state index contributed by atoms with van der Waals surface area (Å²) in [6.45, 7) is 1.61. The zero-order chi connectivity index (χ0) is 27.2. The Morgan fingerprint density at radius 2 is 1.79 bits per heavy atom. The number of sulfone groups is 1. The van der Waals surface area contributed by atoms with Gasteiger partial charge in [0.25, 0.3) is 0 Å². The highest BCUT2D eigenvalue weighted by molar-refractivity contribution is 7.90. The first-order chi connectivity index (χ1) is 18.0. The van der Waals surface area contributed by atoms with Crippen molar-refractivity contribution in [2.24, 2.45) is 7.05 Å². The smallest absolute Gasteiger partial charge is 0.434 e. The standard InChI is InChI=1S/C25H23F3N6O3S/c1-14-10-29-21(19-20(16-8-9-16)30-13-31-23(19)37-3)33-24(14)38(35,36)12-15-4-6-17(7-5-15)22-32-18(11-34(22)2)25(26,27)28/h4-7,10-11,13,16H,8-9,12H2,1-3H3. The number of imidazole rings is 1. The van der Waals surface area contributed by atoms with E-state index in [9.17, 15) is 21.6 Å². The van der Waals surface area contributed by atoms with Crippen molar-refractivity contribution in [1.29, 1.82) is 0 Å². The van der Waals surface area contributed by atoms with Crippen LogP contribution in [-0.4, -0.2) is 45.0 Å². The molecule has 198 valence electrons. The monoisotopic (exact) mass is 544 g/mol. The van der Waals surface area contributed by atoms with Crippen molar-refractivity contribution < 1.29 is 26.3 Å². The first kappa shape index (κ1) is 25.8. The van der Waals surface area contributed by atoms with Crippen molar-refractivity contribution >= 4 is 9.84 Å². The topological polar surface area (TPSA) is 113 Å². The Balaban J connectivity index is 1.45. The zero-order valence-corrected chi connectivity index (χ0v) is 21.5. The number of alkyl halides is 3. The molecule has 0 spiro atoms. The zero-order valence-electron chi connectivity index (χ0n) is 20.7. The van der Waals surface area contributed by atoms with Gasteiger partial charge in [0.05, 0.1) is 18.6 Å². The Morgan fingerprint density at radius 3 is 2.39 bits per heavy atom. The molecule has 13 heteroatoms. The summed E-state index contributed by atoms with van der Waals surface area (Å²) in [7, 11) is -0.984. The molecule has 38 heavy (non-hydrogen) atoms. The van der Waals surface area contributed by atoms with Crippen LogP contribution in [-0.2, 0) is 28.8 Å². The Bertz CT molecular complexity index is 1610. The molecule has 0 radical (unpaired) electrons. The van der Waals surface area contributed by atoms with Crippen molar-refractivity contribution in [3.8, 4) is 28.7 Å². The highest BCUT2D eigenvalue weighted by Crippen LogP contribution is 2.45. The highest BCUT2D eigenvalue weighted by Gasteiger charge is 2.35.